The molecule has 0 aliphatic rings. The van der Waals surface area contributed by atoms with Crippen molar-refractivity contribution in [2.24, 2.45) is 0 Å². The fourth-order valence-corrected chi connectivity index (χ4v) is 1.00. The number of benzene rings is 1. The Labute approximate surface area is 85.2 Å². The van der Waals surface area contributed by atoms with Crippen LogP contribution in [0.2, 0.25) is 0 Å². The Balaban J connectivity index is 0.000000293. The van der Waals surface area contributed by atoms with Crippen molar-refractivity contribution in [2.45, 2.75) is 20.3 Å². The van der Waals surface area contributed by atoms with Crippen LogP contribution in [0.15, 0.2) is 48.8 Å². The Bertz CT molecular complexity index is 324. The Hall–Kier alpha value is -1.57. The fraction of sp³-hybridized carbons (Fsp3) is 0.250. The molecule has 1 heterocycles. The van der Waals surface area contributed by atoms with E-state index in [1.807, 2.05) is 47.3 Å². The fourth-order valence-electron chi connectivity index (χ4n) is 1.00. The van der Waals surface area contributed by atoms with Gasteiger partial charge < -0.3 is 0 Å². The van der Waals surface area contributed by atoms with Crippen LogP contribution in [0.4, 0.5) is 0 Å². The third kappa shape index (κ3) is 3.05. The van der Waals surface area contributed by atoms with Crippen molar-refractivity contribution < 1.29 is 0 Å². The molecule has 1 aromatic heterocycles. The lowest BCUT2D eigenvalue weighted by Gasteiger charge is -1.97. The summed E-state index contributed by atoms with van der Waals surface area (Å²) in [4.78, 5) is 0. The monoisotopic (exact) mass is 188 g/mol. The summed E-state index contributed by atoms with van der Waals surface area (Å²) in [6.45, 7) is 4.25. The predicted octanol–water partition coefficient (Wildman–Crippen LogP) is 3.29. The SMILES string of the molecule is CCC.c1ccc(-n2cccn2)cc1. The molecule has 0 fully saturated rings. The minimum atomic E-state index is 1.09. The minimum Gasteiger partial charge on any atom is -0.241 e. The molecule has 0 atom stereocenters. The smallest absolute Gasteiger partial charge is 0.0645 e. The van der Waals surface area contributed by atoms with E-state index in [4.69, 9.17) is 0 Å². The summed E-state index contributed by atoms with van der Waals surface area (Å²) in [5, 5.41) is 4.10. The summed E-state index contributed by atoms with van der Waals surface area (Å²) in [6, 6.07) is 11.9. The van der Waals surface area contributed by atoms with Crippen molar-refractivity contribution in [3.8, 4) is 5.69 Å². The van der Waals surface area contributed by atoms with Crippen molar-refractivity contribution in [1.29, 1.82) is 0 Å². The number of para-hydroxylation sites is 1. The molecule has 1 aromatic carbocycles. The van der Waals surface area contributed by atoms with Gasteiger partial charge in [-0.2, -0.15) is 5.10 Å². The van der Waals surface area contributed by atoms with Crippen LogP contribution in [-0.2, 0) is 0 Å². The van der Waals surface area contributed by atoms with Crippen molar-refractivity contribution in [2.75, 3.05) is 0 Å². The summed E-state index contributed by atoms with van der Waals surface area (Å²) < 4.78 is 1.83. The van der Waals surface area contributed by atoms with Crippen LogP contribution in [-0.4, -0.2) is 9.78 Å². The topological polar surface area (TPSA) is 17.8 Å². The number of hydrogen-bond donors (Lipinski definition) is 0. The maximum absolute atomic E-state index is 4.10. The van der Waals surface area contributed by atoms with E-state index in [1.54, 1.807) is 6.20 Å². The first-order chi connectivity index (χ1) is 6.88. The zero-order valence-electron chi connectivity index (χ0n) is 8.72. The van der Waals surface area contributed by atoms with Crippen molar-refractivity contribution in [3.05, 3.63) is 48.8 Å². The second-order valence-electron chi connectivity index (χ2n) is 2.99. The van der Waals surface area contributed by atoms with Gasteiger partial charge in [0.1, 0.15) is 0 Å². The third-order valence-electron chi connectivity index (χ3n) is 1.53. The van der Waals surface area contributed by atoms with Crippen LogP contribution in [0.25, 0.3) is 5.69 Å². The van der Waals surface area contributed by atoms with Gasteiger partial charge >= 0.3 is 0 Å². The number of nitrogens with zero attached hydrogens (tertiary/aromatic N) is 2. The van der Waals surface area contributed by atoms with Gasteiger partial charge in [-0.1, -0.05) is 38.5 Å². The molecule has 2 nitrogen and oxygen atoms in total. The van der Waals surface area contributed by atoms with Crippen LogP contribution in [0, 0.1) is 0 Å². The number of rotatable bonds is 1. The van der Waals surface area contributed by atoms with Crippen molar-refractivity contribution in [1.82, 2.24) is 9.78 Å². The minimum absolute atomic E-state index is 1.09. The average Bonchev–Trinajstić information content (AvgIpc) is 2.73. The van der Waals surface area contributed by atoms with Crippen LogP contribution in [0.5, 0.6) is 0 Å². The van der Waals surface area contributed by atoms with Gasteiger partial charge in [0.15, 0.2) is 0 Å². The lowest BCUT2D eigenvalue weighted by molar-refractivity contribution is 0.880. The van der Waals surface area contributed by atoms with E-state index in [0.717, 1.165) is 5.69 Å². The molecule has 0 saturated carbocycles. The number of hydrogen-bond acceptors (Lipinski definition) is 1. The van der Waals surface area contributed by atoms with Gasteiger partial charge in [-0.05, 0) is 18.2 Å². The van der Waals surface area contributed by atoms with Gasteiger partial charge in [0.2, 0.25) is 0 Å². The van der Waals surface area contributed by atoms with E-state index in [2.05, 4.69) is 18.9 Å². The summed E-state index contributed by atoms with van der Waals surface area (Å²) in [5.74, 6) is 0. The van der Waals surface area contributed by atoms with Crippen LogP contribution in [0.3, 0.4) is 0 Å². The average molecular weight is 188 g/mol. The molecular formula is C12H16N2. The molecule has 2 heteroatoms. The molecule has 0 unspecified atom stereocenters. The predicted molar refractivity (Wildman–Crippen MR) is 59.5 cm³/mol. The summed E-state index contributed by atoms with van der Waals surface area (Å²) >= 11 is 0. The first-order valence-electron chi connectivity index (χ1n) is 4.93. The molecule has 0 N–H and O–H groups in total. The number of aromatic nitrogens is 2. The molecule has 0 saturated heterocycles. The van der Waals surface area contributed by atoms with Crippen molar-refractivity contribution >= 4 is 0 Å². The first-order valence-corrected chi connectivity index (χ1v) is 4.93. The highest BCUT2D eigenvalue weighted by atomic mass is 15.3. The second kappa shape index (κ2) is 5.97. The van der Waals surface area contributed by atoms with Crippen LogP contribution < -0.4 is 0 Å². The quantitative estimate of drug-likeness (QED) is 0.671. The first kappa shape index (κ1) is 10.5. The molecule has 0 radical (unpaired) electrons. The lowest BCUT2D eigenvalue weighted by Crippen LogP contribution is -1.91. The van der Waals surface area contributed by atoms with Gasteiger partial charge in [-0.3, -0.25) is 0 Å². The van der Waals surface area contributed by atoms with E-state index < -0.39 is 0 Å². The van der Waals surface area contributed by atoms with Crippen molar-refractivity contribution in [3.63, 3.8) is 0 Å². The van der Waals surface area contributed by atoms with E-state index in [-0.39, 0.29) is 0 Å². The van der Waals surface area contributed by atoms with Crippen LogP contribution >= 0.6 is 0 Å². The molecule has 0 spiro atoms. The highest BCUT2D eigenvalue weighted by Crippen LogP contribution is 2.03. The standard InChI is InChI=1S/C9H8N2.C3H8/c1-2-5-9(6-3-1)11-8-4-7-10-11;1-3-2/h1-8H;3H2,1-2H3. The molecule has 14 heavy (non-hydrogen) atoms. The zero-order valence-corrected chi connectivity index (χ0v) is 8.72. The van der Waals surface area contributed by atoms with E-state index in [9.17, 15) is 0 Å². The highest BCUT2D eigenvalue weighted by Gasteiger charge is 1.90. The van der Waals surface area contributed by atoms with Gasteiger partial charge in [-0.15, -0.1) is 0 Å². The molecule has 0 amide bonds. The summed E-state index contributed by atoms with van der Waals surface area (Å²) in [5.41, 5.74) is 1.09. The molecule has 2 aromatic rings. The lowest BCUT2D eigenvalue weighted by atomic mass is 10.3. The Morgan fingerprint density at radius 1 is 1.07 bits per heavy atom. The molecular weight excluding hydrogens is 172 g/mol. The zero-order chi connectivity index (χ0) is 10.2. The van der Waals surface area contributed by atoms with Gasteiger partial charge in [-0.25, -0.2) is 4.68 Å². The van der Waals surface area contributed by atoms with E-state index in [0.29, 0.717) is 0 Å². The molecule has 74 valence electrons. The Morgan fingerprint density at radius 2 is 1.71 bits per heavy atom. The highest BCUT2D eigenvalue weighted by molar-refractivity contribution is 5.29. The maximum atomic E-state index is 4.10. The van der Waals surface area contributed by atoms with Gasteiger partial charge in [0.05, 0.1) is 5.69 Å². The van der Waals surface area contributed by atoms with E-state index >= 15 is 0 Å². The molecule has 2 rings (SSSR count). The Kier molecular flexibility index (Phi) is 4.48. The van der Waals surface area contributed by atoms with Crippen LogP contribution in [0.1, 0.15) is 20.3 Å². The molecule has 0 aliphatic carbocycles. The summed E-state index contributed by atoms with van der Waals surface area (Å²) in [6.07, 6.45) is 4.95. The Morgan fingerprint density at radius 3 is 2.21 bits per heavy atom. The second-order valence-corrected chi connectivity index (χ2v) is 2.99. The summed E-state index contributed by atoms with van der Waals surface area (Å²) in [7, 11) is 0. The largest absolute Gasteiger partial charge is 0.241 e. The van der Waals surface area contributed by atoms with Gasteiger partial charge in [0.25, 0.3) is 0 Å². The molecule has 0 bridgehead atoms. The third-order valence-corrected chi connectivity index (χ3v) is 1.53. The van der Waals surface area contributed by atoms with Gasteiger partial charge in [0, 0.05) is 12.4 Å². The maximum Gasteiger partial charge on any atom is 0.0645 e. The van der Waals surface area contributed by atoms with E-state index in [1.165, 1.54) is 6.42 Å². The molecule has 0 aliphatic heterocycles. The normalized spacial score (nSPS) is 9.00.